The van der Waals surface area contributed by atoms with Crippen molar-refractivity contribution in [3.8, 4) is 0 Å². The highest BCUT2D eigenvalue weighted by Crippen LogP contribution is 2.26. The summed E-state index contributed by atoms with van der Waals surface area (Å²) in [5.74, 6) is 0. The molecular formula is C18H25N5O4. The lowest BCUT2D eigenvalue weighted by Gasteiger charge is -2.21. The van der Waals surface area contributed by atoms with E-state index in [0.717, 1.165) is 5.70 Å². The maximum absolute atomic E-state index is 12.3. The lowest BCUT2D eigenvalue weighted by molar-refractivity contribution is -0.107. The first-order valence-electron chi connectivity index (χ1n) is 8.81. The van der Waals surface area contributed by atoms with Gasteiger partial charge >= 0.3 is 12.1 Å². The average Bonchev–Trinajstić information content (AvgIpc) is 3.14. The van der Waals surface area contributed by atoms with Gasteiger partial charge in [-0.2, -0.15) is 10.2 Å². The van der Waals surface area contributed by atoms with Gasteiger partial charge < -0.3 is 15.0 Å². The fraction of sp³-hybridized carbons (Fsp3) is 0.500. The molecule has 27 heavy (non-hydrogen) atoms. The number of ether oxygens (including phenoxy) is 1. The average molecular weight is 375 g/mol. The molecule has 2 aliphatic rings. The summed E-state index contributed by atoms with van der Waals surface area (Å²) < 4.78 is 6.93. The summed E-state index contributed by atoms with van der Waals surface area (Å²) >= 11 is 0. The summed E-state index contributed by atoms with van der Waals surface area (Å²) in [5.41, 5.74) is 1.03. The highest BCUT2D eigenvalue weighted by atomic mass is 16.7. The Labute approximate surface area is 158 Å². The van der Waals surface area contributed by atoms with Crippen molar-refractivity contribution in [2.24, 2.45) is 0 Å². The van der Waals surface area contributed by atoms with E-state index >= 15 is 0 Å². The van der Waals surface area contributed by atoms with Crippen molar-refractivity contribution in [2.45, 2.75) is 39.0 Å². The number of fused-ring (bicyclic) bond motifs is 2. The van der Waals surface area contributed by atoms with Crippen molar-refractivity contribution in [1.29, 1.82) is 0 Å². The Morgan fingerprint density at radius 1 is 1.48 bits per heavy atom. The second kappa shape index (κ2) is 7.43. The second-order valence-electron chi connectivity index (χ2n) is 7.41. The van der Waals surface area contributed by atoms with Crippen LogP contribution in [0.3, 0.4) is 0 Å². The molecule has 3 heterocycles. The molecular weight excluding hydrogens is 350 g/mol. The largest absolute Gasteiger partial charge is 0.444 e. The Balaban J connectivity index is 1.62. The Bertz CT molecular complexity index is 764. The van der Waals surface area contributed by atoms with Crippen LogP contribution in [0.15, 0.2) is 31.0 Å². The molecule has 0 aliphatic carbocycles. The Kier molecular flexibility index (Phi) is 5.22. The van der Waals surface area contributed by atoms with Crippen LogP contribution in [0.1, 0.15) is 26.5 Å². The zero-order valence-corrected chi connectivity index (χ0v) is 15.8. The van der Waals surface area contributed by atoms with E-state index in [4.69, 9.17) is 9.57 Å². The Morgan fingerprint density at radius 3 is 2.96 bits per heavy atom. The number of alkyl carbamates (subject to hydrolysis) is 1. The highest BCUT2D eigenvalue weighted by Gasteiger charge is 2.41. The number of hydrogen-bond donors (Lipinski definition) is 1. The molecule has 3 rings (SSSR count). The van der Waals surface area contributed by atoms with Crippen LogP contribution in [0.25, 0.3) is 5.70 Å². The molecule has 0 radical (unpaired) electrons. The summed E-state index contributed by atoms with van der Waals surface area (Å²) in [5, 5.41) is 8.53. The SMILES string of the molecule is C=CCON1C(=O)N2CC(n3ccc(CNC(=O)OC(C)(C)C)n3)=CC1C2. The topological polar surface area (TPSA) is 88.9 Å². The van der Waals surface area contributed by atoms with Gasteiger partial charge in [-0.15, -0.1) is 6.58 Å². The lowest BCUT2D eigenvalue weighted by atomic mass is 10.2. The van der Waals surface area contributed by atoms with Crippen LogP contribution < -0.4 is 5.32 Å². The molecule has 1 aromatic rings. The van der Waals surface area contributed by atoms with Crippen LogP contribution in [0.5, 0.6) is 0 Å². The molecule has 1 saturated heterocycles. The van der Waals surface area contributed by atoms with Crippen LogP contribution in [0, 0.1) is 0 Å². The first kappa shape index (κ1) is 19.0. The smallest absolute Gasteiger partial charge is 0.407 e. The maximum atomic E-state index is 12.3. The van der Waals surface area contributed by atoms with E-state index in [-0.39, 0.29) is 25.2 Å². The molecule has 9 nitrogen and oxygen atoms in total. The van der Waals surface area contributed by atoms with E-state index in [1.54, 1.807) is 15.7 Å². The monoisotopic (exact) mass is 375 g/mol. The molecule has 3 amide bonds. The summed E-state index contributed by atoms with van der Waals surface area (Å²) in [6.07, 6.45) is 4.90. The van der Waals surface area contributed by atoms with Crippen LogP contribution >= 0.6 is 0 Å². The number of amides is 3. The Hall–Kier alpha value is -2.81. The molecule has 146 valence electrons. The van der Waals surface area contributed by atoms with Gasteiger partial charge in [-0.3, -0.25) is 4.84 Å². The molecule has 1 atom stereocenters. The van der Waals surface area contributed by atoms with Gasteiger partial charge in [0.1, 0.15) is 5.60 Å². The summed E-state index contributed by atoms with van der Waals surface area (Å²) in [6.45, 7) is 10.6. The minimum Gasteiger partial charge on any atom is -0.444 e. The number of hydrogen-bond acceptors (Lipinski definition) is 5. The van der Waals surface area contributed by atoms with Crippen molar-refractivity contribution in [3.63, 3.8) is 0 Å². The quantitative estimate of drug-likeness (QED) is 0.768. The van der Waals surface area contributed by atoms with E-state index in [2.05, 4.69) is 17.0 Å². The summed E-state index contributed by atoms with van der Waals surface area (Å²) in [4.78, 5) is 31.3. The first-order valence-corrected chi connectivity index (χ1v) is 8.81. The predicted molar refractivity (Wildman–Crippen MR) is 98.3 cm³/mol. The van der Waals surface area contributed by atoms with Gasteiger partial charge in [-0.05, 0) is 32.9 Å². The third kappa shape index (κ3) is 4.48. The van der Waals surface area contributed by atoms with E-state index in [1.807, 2.05) is 39.1 Å². The van der Waals surface area contributed by atoms with Crippen LogP contribution in [0.2, 0.25) is 0 Å². The third-order valence-electron chi connectivity index (χ3n) is 3.99. The van der Waals surface area contributed by atoms with Gasteiger partial charge in [-0.1, -0.05) is 6.08 Å². The molecule has 0 aromatic carbocycles. The van der Waals surface area contributed by atoms with Crippen molar-refractivity contribution >= 4 is 17.8 Å². The van der Waals surface area contributed by atoms with Gasteiger partial charge in [0.15, 0.2) is 0 Å². The minimum atomic E-state index is -0.545. The number of rotatable bonds is 6. The molecule has 1 aromatic heterocycles. The van der Waals surface area contributed by atoms with E-state index in [1.165, 1.54) is 5.06 Å². The number of nitrogens with one attached hydrogen (secondary N) is 1. The summed E-state index contributed by atoms with van der Waals surface area (Å²) in [6, 6.07) is 1.50. The first-order chi connectivity index (χ1) is 12.8. The minimum absolute atomic E-state index is 0.159. The van der Waals surface area contributed by atoms with Gasteiger partial charge in [0.25, 0.3) is 0 Å². The fourth-order valence-corrected chi connectivity index (χ4v) is 2.91. The van der Waals surface area contributed by atoms with E-state index < -0.39 is 11.7 Å². The second-order valence-corrected chi connectivity index (χ2v) is 7.41. The van der Waals surface area contributed by atoms with E-state index in [9.17, 15) is 9.59 Å². The van der Waals surface area contributed by atoms with Crippen molar-refractivity contribution in [3.05, 3.63) is 36.7 Å². The maximum Gasteiger partial charge on any atom is 0.407 e. The van der Waals surface area contributed by atoms with Gasteiger partial charge in [0.2, 0.25) is 0 Å². The van der Waals surface area contributed by atoms with Gasteiger partial charge in [0, 0.05) is 12.7 Å². The molecule has 0 spiro atoms. The van der Waals surface area contributed by atoms with E-state index in [0.29, 0.717) is 18.8 Å². The zero-order chi connectivity index (χ0) is 19.6. The molecule has 2 aliphatic heterocycles. The number of hydroxylamine groups is 2. The lowest BCUT2D eigenvalue weighted by Crippen LogP contribution is -2.33. The molecule has 0 saturated carbocycles. The normalized spacial score (nSPS) is 19.1. The molecule has 1 N–H and O–H groups in total. The summed E-state index contributed by atoms with van der Waals surface area (Å²) in [7, 11) is 0. The van der Waals surface area contributed by atoms with Crippen molar-refractivity contribution < 1.29 is 19.2 Å². The highest BCUT2D eigenvalue weighted by molar-refractivity contribution is 5.80. The number of carbonyl (C=O) groups excluding carboxylic acids is 2. The Morgan fingerprint density at radius 2 is 2.26 bits per heavy atom. The molecule has 2 bridgehead atoms. The number of aromatic nitrogens is 2. The predicted octanol–water partition coefficient (Wildman–Crippen LogP) is 1.99. The number of urea groups is 1. The molecule has 9 heteroatoms. The number of carbonyl (C=O) groups is 2. The van der Waals surface area contributed by atoms with Crippen molar-refractivity contribution in [2.75, 3.05) is 19.7 Å². The number of nitrogens with zero attached hydrogens (tertiary/aromatic N) is 4. The van der Waals surface area contributed by atoms with Gasteiger partial charge in [0.05, 0.1) is 37.1 Å². The van der Waals surface area contributed by atoms with Crippen LogP contribution in [-0.4, -0.2) is 63.2 Å². The third-order valence-corrected chi connectivity index (χ3v) is 3.99. The van der Waals surface area contributed by atoms with Gasteiger partial charge in [-0.25, -0.2) is 14.3 Å². The standard InChI is InChI=1S/C18H25N5O4/c1-5-8-26-23-15-9-14(11-21(12-15)17(23)25)22-7-6-13(20-22)10-19-16(24)27-18(2,3)4/h5-7,9,15H,1,8,10-12H2,2-4H3,(H,19,24). The van der Waals surface area contributed by atoms with Crippen molar-refractivity contribution in [1.82, 2.24) is 25.1 Å². The van der Waals surface area contributed by atoms with Crippen LogP contribution in [0.4, 0.5) is 9.59 Å². The zero-order valence-electron chi connectivity index (χ0n) is 15.8. The van der Waals surface area contributed by atoms with Crippen LogP contribution in [-0.2, 0) is 16.1 Å². The molecule has 1 unspecified atom stereocenters. The fourth-order valence-electron chi connectivity index (χ4n) is 2.91. The molecule has 1 fully saturated rings.